The molecule has 0 radical (unpaired) electrons. The third-order valence-corrected chi connectivity index (χ3v) is 5.61. The van der Waals surface area contributed by atoms with Crippen LogP contribution in [0.5, 0.6) is 0 Å². The van der Waals surface area contributed by atoms with Gasteiger partial charge in [0, 0.05) is 34.4 Å². The number of rotatable bonds is 6. The Labute approximate surface area is 170 Å². The van der Waals surface area contributed by atoms with Crippen molar-refractivity contribution in [2.24, 2.45) is 0 Å². The van der Waals surface area contributed by atoms with Crippen LogP contribution in [0.1, 0.15) is 27.0 Å². The first-order valence-corrected chi connectivity index (χ1v) is 9.90. The number of halogens is 2. The molecule has 0 spiro atoms. The van der Waals surface area contributed by atoms with Crippen molar-refractivity contribution in [1.29, 1.82) is 0 Å². The van der Waals surface area contributed by atoms with E-state index in [1.165, 1.54) is 0 Å². The Morgan fingerprint density at radius 3 is 2.33 bits per heavy atom. The lowest BCUT2D eigenvalue weighted by molar-refractivity contribution is 0.668. The first-order valence-electron chi connectivity index (χ1n) is 8.33. The fourth-order valence-corrected chi connectivity index (χ4v) is 4.07. The van der Waals surface area contributed by atoms with Crippen LogP contribution in [0.2, 0.25) is 10.0 Å². The fraction of sp³-hybridized carbons (Fsp3) is 0.222. The minimum Gasteiger partial charge on any atom is -0.268 e. The molecule has 0 saturated heterocycles. The highest BCUT2D eigenvalue weighted by atomic mass is 35.5. The van der Waals surface area contributed by atoms with Gasteiger partial charge in [0.25, 0.3) is 0 Å². The molecule has 0 aliphatic rings. The Hall–Kier alpha value is -2.22. The van der Waals surface area contributed by atoms with Crippen molar-refractivity contribution in [2.75, 3.05) is 0 Å². The van der Waals surface area contributed by atoms with Gasteiger partial charge in [0.2, 0.25) is 0 Å². The molecule has 0 aliphatic carbocycles. The molecule has 0 unspecified atom stereocenters. The molecule has 0 bridgehead atoms. The van der Waals surface area contributed by atoms with Crippen molar-refractivity contribution in [1.82, 2.24) is 29.8 Å². The van der Waals surface area contributed by atoms with E-state index in [0.717, 1.165) is 27.0 Å². The van der Waals surface area contributed by atoms with Crippen LogP contribution in [0.3, 0.4) is 0 Å². The first-order chi connectivity index (χ1) is 13.1. The van der Waals surface area contributed by atoms with Gasteiger partial charge in [0.05, 0.1) is 24.5 Å². The normalized spacial score (nSPS) is 11.2. The Morgan fingerprint density at radius 2 is 1.59 bits per heavy atom. The van der Waals surface area contributed by atoms with Gasteiger partial charge in [-0.05, 0) is 31.2 Å². The van der Waals surface area contributed by atoms with E-state index >= 15 is 0 Å². The summed E-state index contributed by atoms with van der Waals surface area (Å²) in [6, 6.07) is 9.44. The van der Waals surface area contributed by atoms with Gasteiger partial charge in [-0.1, -0.05) is 40.6 Å². The van der Waals surface area contributed by atoms with Crippen LogP contribution in [-0.4, -0.2) is 29.8 Å². The molecule has 0 aliphatic heterocycles. The Balaban J connectivity index is 1.42. The molecular weight excluding hydrogens is 403 g/mol. The maximum atomic E-state index is 6.24. The molecule has 0 atom stereocenters. The lowest BCUT2D eigenvalue weighted by Crippen LogP contribution is -2.02. The first kappa shape index (κ1) is 18.2. The van der Waals surface area contributed by atoms with E-state index in [0.29, 0.717) is 29.6 Å². The minimum absolute atomic E-state index is 0.526. The van der Waals surface area contributed by atoms with Gasteiger partial charge < -0.3 is 0 Å². The van der Waals surface area contributed by atoms with Crippen LogP contribution in [0.15, 0.2) is 42.7 Å². The molecule has 1 aromatic carbocycles. The predicted molar refractivity (Wildman–Crippen MR) is 107 cm³/mol. The van der Waals surface area contributed by atoms with Gasteiger partial charge in [-0.15, -0.1) is 10.2 Å². The summed E-state index contributed by atoms with van der Waals surface area (Å²) in [6.07, 6.45) is 4.50. The minimum atomic E-state index is 0.526. The van der Waals surface area contributed by atoms with E-state index in [4.69, 9.17) is 23.2 Å². The number of aromatic nitrogens is 6. The van der Waals surface area contributed by atoms with Crippen LogP contribution in [0, 0.1) is 6.92 Å². The molecule has 27 heavy (non-hydrogen) atoms. The Morgan fingerprint density at radius 1 is 0.889 bits per heavy atom. The van der Waals surface area contributed by atoms with E-state index in [-0.39, 0.29) is 0 Å². The van der Waals surface area contributed by atoms with Crippen LogP contribution < -0.4 is 0 Å². The second-order valence-corrected chi connectivity index (χ2v) is 8.09. The average Bonchev–Trinajstić information content (AvgIpc) is 3.35. The van der Waals surface area contributed by atoms with Gasteiger partial charge >= 0.3 is 0 Å². The van der Waals surface area contributed by atoms with E-state index in [2.05, 4.69) is 20.4 Å². The SMILES string of the molecule is Cc1ccn(Cc2nnc(Cc3ccn(Cc4c(Cl)cccc4Cl)n3)s2)n1. The Bertz CT molecular complexity index is 1050. The van der Waals surface area contributed by atoms with Gasteiger partial charge in [0.1, 0.15) is 10.0 Å². The number of benzene rings is 1. The molecule has 4 rings (SSSR count). The van der Waals surface area contributed by atoms with Crippen LogP contribution in [-0.2, 0) is 19.5 Å². The molecule has 0 fully saturated rings. The molecule has 0 amide bonds. The summed E-state index contributed by atoms with van der Waals surface area (Å²) >= 11 is 14.1. The van der Waals surface area contributed by atoms with Crippen molar-refractivity contribution in [3.8, 4) is 0 Å². The molecule has 0 saturated carbocycles. The standard InChI is InChI=1S/C18H16Cl2N6S/c1-12-5-7-26(23-12)11-18-22-21-17(27-18)9-13-6-8-25(24-13)10-14-15(19)3-2-4-16(14)20/h2-8H,9-11H2,1H3. The van der Waals surface area contributed by atoms with Crippen molar-refractivity contribution < 1.29 is 0 Å². The average molecular weight is 419 g/mol. The molecule has 4 aromatic rings. The summed E-state index contributed by atoms with van der Waals surface area (Å²) in [5.41, 5.74) is 2.78. The summed E-state index contributed by atoms with van der Waals surface area (Å²) in [5, 5.41) is 20.6. The summed E-state index contributed by atoms with van der Waals surface area (Å²) in [4.78, 5) is 0. The van der Waals surface area contributed by atoms with Crippen molar-refractivity contribution in [3.05, 3.63) is 79.7 Å². The number of hydrogen-bond acceptors (Lipinski definition) is 5. The number of hydrogen-bond donors (Lipinski definition) is 0. The Kier molecular flexibility index (Phi) is 5.24. The van der Waals surface area contributed by atoms with E-state index < -0.39 is 0 Å². The zero-order chi connectivity index (χ0) is 18.8. The van der Waals surface area contributed by atoms with Gasteiger partial charge in [-0.3, -0.25) is 9.36 Å². The quantitative estimate of drug-likeness (QED) is 0.469. The largest absolute Gasteiger partial charge is 0.268 e. The molecular formula is C18H16Cl2N6S. The summed E-state index contributed by atoms with van der Waals surface area (Å²) in [5.74, 6) is 0. The molecule has 138 valence electrons. The van der Waals surface area contributed by atoms with Gasteiger partial charge in [0.15, 0.2) is 0 Å². The zero-order valence-corrected chi connectivity index (χ0v) is 16.8. The third-order valence-electron chi connectivity index (χ3n) is 3.99. The van der Waals surface area contributed by atoms with Crippen molar-refractivity contribution in [3.63, 3.8) is 0 Å². The van der Waals surface area contributed by atoms with E-state index in [1.807, 2.05) is 59.0 Å². The number of nitrogens with zero attached hydrogens (tertiary/aromatic N) is 6. The smallest absolute Gasteiger partial charge is 0.139 e. The van der Waals surface area contributed by atoms with Crippen molar-refractivity contribution >= 4 is 34.5 Å². The highest BCUT2D eigenvalue weighted by Gasteiger charge is 2.10. The summed E-state index contributed by atoms with van der Waals surface area (Å²) in [6.45, 7) is 3.12. The van der Waals surface area contributed by atoms with Gasteiger partial charge in [-0.2, -0.15) is 10.2 Å². The maximum absolute atomic E-state index is 6.24. The molecule has 3 heterocycles. The molecule has 9 heteroatoms. The van der Waals surface area contributed by atoms with E-state index in [9.17, 15) is 0 Å². The molecule has 6 nitrogen and oxygen atoms in total. The monoisotopic (exact) mass is 418 g/mol. The lowest BCUT2D eigenvalue weighted by atomic mass is 10.2. The second kappa shape index (κ2) is 7.80. The third kappa shape index (κ3) is 4.37. The van der Waals surface area contributed by atoms with Crippen LogP contribution in [0.25, 0.3) is 0 Å². The lowest BCUT2D eigenvalue weighted by Gasteiger charge is -2.06. The molecule has 0 N–H and O–H groups in total. The highest BCUT2D eigenvalue weighted by Crippen LogP contribution is 2.25. The highest BCUT2D eigenvalue weighted by molar-refractivity contribution is 7.11. The molecule has 3 aromatic heterocycles. The second-order valence-electron chi connectivity index (χ2n) is 6.13. The van der Waals surface area contributed by atoms with Crippen molar-refractivity contribution in [2.45, 2.75) is 26.4 Å². The fourth-order valence-electron chi connectivity index (χ4n) is 2.70. The predicted octanol–water partition coefficient (Wildman–Crippen LogP) is 4.23. The van der Waals surface area contributed by atoms with Gasteiger partial charge in [-0.25, -0.2) is 0 Å². The van der Waals surface area contributed by atoms with Crippen LogP contribution in [0.4, 0.5) is 0 Å². The maximum Gasteiger partial charge on any atom is 0.139 e. The van der Waals surface area contributed by atoms with E-state index in [1.54, 1.807) is 11.3 Å². The number of aryl methyl sites for hydroxylation is 1. The summed E-state index contributed by atoms with van der Waals surface area (Å²) in [7, 11) is 0. The topological polar surface area (TPSA) is 61.4 Å². The summed E-state index contributed by atoms with van der Waals surface area (Å²) < 4.78 is 3.69. The zero-order valence-electron chi connectivity index (χ0n) is 14.5. The van der Waals surface area contributed by atoms with Crippen LogP contribution >= 0.6 is 34.5 Å².